The first-order valence-corrected chi connectivity index (χ1v) is 25.3. The molecule has 6 saturated carbocycles. The standard InChI is InChI=1S/C43H72P2.Ru/c1-8-22-36(23-9-1)43(44(37-24-10-2-11-25-37,38-26-12-3-13-27-38)39-28-14-4-15-29-39)45(40-30-16-5-17-31-40,41-32-18-6-19-33-41)42-34-20-7-21-35-42;/h1,8-9,22-23,37-43H,2-7,10-21,24-35H2;. The van der Waals surface area contributed by atoms with E-state index in [0.29, 0.717) is 0 Å². The molecular weight excluding hydrogens is 679 g/mol. The molecule has 0 amide bonds. The minimum Gasteiger partial charge on any atom is -0.105 e. The fraction of sp³-hybridized carbons (Fsp3) is 0.860. The van der Waals surface area contributed by atoms with Crippen molar-refractivity contribution in [3.8, 4) is 0 Å². The van der Waals surface area contributed by atoms with E-state index in [1.807, 2.05) is 5.56 Å². The van der Waals surface area contributed by atoms with E-state index in [1.165, 1.54) is 38.5 Å². The van der Waals surface area contributed by atoms with E-state index in [9.17, 15) is 0 Å². The van der Waals surface area contributed by atoms with Gasteiger partial charge in [0.15, 0.2) is 0 Å². The molecule has 0 spiro atoms. The Balaban J connectivity index is 0.00000372. The molecule has 0 saturated heterocycles. The summed E-state index contributed by atoms with van der Waals surface area (Å²) in [5.41, 5.74) is 8.62. The number of hydrogen-bond donors (Lipinski definition) is 0. The van der Waals surface area contributed by atoms with Crippen molar-refractivity contribution < 1.29 is 19.5 Å². The summed E-state index contributed by atoms with van der Waals surface area (Å²) in [6.07, 6.45) is 47.6. The first-order chi connectivity index (χ1) is 22.4. The Morgan fingerprint density at radius 3 is 0.761 bits per heavy atom. The molecule has 2 radical (unpaired) electrons. The topological polar surface area (TPSA) is 0 Å². The van der Waals surface area contributed by atoms with Crippen LogP contribution in [0.3, 0.4) is 0 Å². The fourth-order valence-electron chi connectivity index (χ4n) is 13.6. The minimum absolute atomic E-state index is 0. The Bertz CT molecular complexity index is 836. The molecule has 0 N–H and O–H groups in total. The predicted molar refractivity (Wildman–Crippen MR) is 204 cm³/mol. The number of benzene rings is 1. The van der Waals surface area contributed by atoms with Gasteiger partial charge in [-0.3, -0.25) is 0 Å². The van der Waals surface area contributed by atoms with Crippen LogP contribution in [0.2, 0.25) is 0 Å². The van der Waals surface area contributed by atoms with Crippen LogP contribution in [0.5, 0.6) is 0 Å². The molecule has 6 aliphatic rings. The molecule has 6 aliphatic carbocycles. The summed E-state index contributed by atoms with van der Waals surface area (Å²) in [6.45, 7) is 0. The summed E-state index contributed by atoms with van der Waals surface area (Å²) >= 11 is 0. The van der Waals surface area contributed by atoms with E-state index in [0.717, 1.165) is 39.4 Å². The maximum atomic E-state index is 2.80. The molecule has 0 heterocycles. The van der Waals surface area contributed by atoms with E-state index in [-0.39, 0.29) is 19.5 Å². The first kappa shape index (κ1) is 36.5. The second kappa shape index (κ2) is 17.8. The largest absolute Gasteiger partial charge is 0.105 e. The third-order valence-corrected chi connectivity index (χ3v) is 30.6. The van der Waals surface area contributed by atoms with Gasteiger partial charge in [0, 0.05) is 24.9 Å². The molecular formula is C43H72P2Ru. The summed E-state index contributed by atoms with van der Waals surface area (Å²) in [5, 5.41) is 1.02. The van der Waals surface area contributed by atoms with Gasteiger partial charge in [0.05, 0.1) is 0 Å². The Morgan fingerprint density at radius 1 is 0.326 bits per heavy atom. The maximum Gasteiger partial charge on any atom is 0.0188 e. The van der Waals surface area contributed by atoms with Crippen LogP contribution in [-0.4, -0.2) is 34.0 Å². The van der Waals surface area contributed by atoms with Gasteiger partial charge in [-0.1, -0.05) is 146 Å². The van der Waals surface area contributed by atoms with Gasteiger partial charge in [0.2, 0.25) is 0 Å². The molecule has 0 bridgehead atoms. The minimum atomic E-state index is -1.33. The van der Waals surface area contributed by atoms with Gasteiger partial charge in [-0.25, -0.2) is 0 Å². The zero-order valence-corrected chi connectivity index (χ0v) is 33.4. The van der Waals surface area contributed by atoms with E-state index < -0.39 is 14.5 Å². The summed E-state index contributed by atoms with van der Waals surface area (Å²) in [7, 11) is -2.65. The third kappa shape index (κ3) is 7.23. The van der Waals surface area contributed by atoms with E-state index >= 15 is 0 Å². The van der Waals surface area contributed by atoms with Crippen LogP contribution >= 0.6 is 14.5 Å². The normalized spacial score (nSPS) is 26.6. The average Bonchev–Trinajstić information content (AvgIpc) is 3.14. The van der Waals surface area contributed by atoms with Gasteiger partial charge in [0.1, 0.15) is 0 Å². The van der Waals surface area contributed by atoms with Crippen LogP contribution in [0.15, 0.2) is 30.3 Å². The fourth-order valence-corrected chi connectivity index (χ4v) is 34.7. The monoisotopic (exact) mass is 752 g/mol. The van der Waals surface area contributed by atoms with Crippen LogP contribution in [0.1, 0.15) is 204 Å². The van der Waals surface area contributed by atoms with Crippen LogP contribution in [0.25, 0.3) is 0 Å². The number of hydrogen-bond acceptors (Lipinski definition) is 0. The van der Waals surface area contributed by atoms with Crippen molar-refractivity contribution in [2.24, 2.45) is 0 Å². The average molecular weight is 752 g/mol. The third-order valence-electron chi connectivity index (χ3n) is 15.2. The first-order valence-electron chi connectivity index (χ1n) is 21.2. The Kier molecular flexibility index (Phi) is 14.1. The maximum absolute atomic E-state index is 2.80. The molecule has 1 aromatic carbocycles. The molecule has 6 fully saturated rings. The van der Waals surface area contributed by atoms with E-state index in [2.05, 4.69) is 30.3 Å². The quantitative estimate of drug-likeness (QED) is 0.174. The Hall–Kier alpha value is 0.703. The zero-order chi connectivity index (χ0) is 30.4. The molecule has 0 nitrogen and oxygen atoms in total. The van der Waals surface area contributed by atoms with Crippen molar-refractivity contribution >= 4 is 14.5 Å². The van der Waals surface area contributed by atoms with Gasteiger partial charge in [-0.15, -0.1) is 14.5 Å². The molecule has 7 rings (SSSR count). The van der Waals surface area contributed by atoms with Gasteiger partial charge < -0.3 is 0 Å². The van der Waals surface area contributed by atoms with Crippen LogP contribution in [-0.2, 0) is 19.5 Å². The van der Waals surface area contributed by atoms with Crippen LogP contribution in [0, 0.1) is 0 Å². The molecule has 262 valence electrons. The number of rotatable bonds is 9. The summed E-state index contributed by atoms with van der Waals surface area (Å²) in [4.78, 5) is 0. The SMILES string of the molecule is [Ru].c1ccc(C([P](C2CCCCC2)(C2CCCCC2)C2CCCCC2)[P](C2CCCCC2)(C2CCCCC2)C2CCCCC2)cc1. The van der Waals surface area contributed by atoms with Crippen molar-refractivity contribution in [3.63, 3.8) is 0 Å². The predicted octanol–water partition coefficient (Wildman–Crippen LogP) is 14.7. The van der Waals surface area contributed by atoms with Crippen LogP contribution < -0.4 is 0 Å². The van der Waals surface area contributed by atoms with Crippen molar-refractivity contribution in [1.29, 1.82) is 0 Å². The summed E-state index contributed by atoms with van der Waals surface area (Å²) < 4.78 is 0. The molecule has 46 heavy (non-hydrogen) atoms. The molecule has 0 atom stereocenters. The smallest absolute Gasteiger partial charge is 0.0188 e. The molecule has 1 aromatic rings. The molecule has 0 aliphatic heterocycles. The van der Waals surface area contributed by atoms with Crippen LogP contribution in [0.4, 0.5) is 0 Å². The molecule has 0 aromatic heterocycles. The summed E-state index contributed by atoms with van der Waals surface area (Å²) in [6, 6.07) is 13.1. The Morgan fingerprint density at radius 2 is 0.543 bits per heavy atom. The second-order valence-electron chi connectivity index (χ2n) is 17.3. The van der Waals surface area contributed by atoms with Gasteiger partial charge in [-0.2, -0.15) is 0 Å². The van der Waals surface area contributed by atoms with Crippen molar-refractivity contribution in [3.05, 3.63) is 35.9 Å². The Labute approximate surface area is 300 Å². The zero-order valence-electron chi connectivity index (χ0n) is 29.9. The van der Waals surface area contributed by atoms with Crippen molar-refractivity contribution in [2.45, 2.75) is 232 Å². The van der Waals surface area contributed by atoms with Gasteiger partial charge in [-0.05, 0) is 117 Å². The molecule has 3 heteroatoms. The van der Waals surface area contributed by atoms with Crippen molar-refractivity contribution in [1.82, 2.24) is 0 Å². The van der Waals surface area contributed by atoms with E-state index in [1.54, 1.807) is 154 Å². The van der Waals surface area contributed by atoms with Crippen molar-refractivity contribution in [2.75, 3.05) is 0 Å². The molecule has 0 unspecified atom stereocenters. The second-order valence-corrected chi connectivity index (χ2v) is 26.7. The van der Waals surface area contributed by atoms with Gasteiger partial charge in [0.25, 0.3) is 0 Å². The summed E-state index contributed by atoms with van der Waals surface area (Å²) in [5.74, 6) is 0. The van der Waals surface area contributed by atoms with Gasteiger partial charge >= 0.3 is 0 Å². The van der Waals surface area contributed by atoms with E-state index in [4.69, 9.17) is 0 Å².